The van der Waals surface area contributed by atoms with Crippen molar-refractivity contribution in [2.45, 2.75) is 38.0 Å². The van der Waals surface area contributed by atoms with Gasteiger partial charge in [0.25, 0.3) is 6.43 Å². The summed E-state index contributed by atoms with van der Waals surface area (Å²) in [7, 11) is 1.42. The summed E-state index contributed by atoms with van der Waals surface area (Å²) in [5, 5.41) is 0. The van der Waals surface area contributed by atoms with Crippen LogP contribution in [0.2, 0.25) is 0 Å². The number of hydrogen-bond donors (Lipinski definition) is 1. The van der Waals surface area contributed by atoms with Gasteiger partial charge in [-0.05, 0) is 26.8 Å². The van der Waals surface area contributed by atoms with Crippen LogP contribution in [0.25, 0.3) is 0 Å². The number of benzene rings is 1. The fourth-order valence-corrected chi connectivity index (χ4v) is 2.28. The Morgan fingerprint density at radius 2 is 1.84 bits per heavy atom. The molecule has 1 aromatic rings. The second-order valence-corrected chi connectivity index (χ2v) is 7.05. The van der Waals surface area contributed by atoms with Gasteiger partial charge in [0.2, 0.25) is 0 Å². The lowest BCUT2D eigenvalue weighted by Crippen LogP contribution is -2.43. The van der Waals surface area contributed by atoms with Crippen LogP contribution in [0.15, 0.2) is 24.3 Å². The number of alkyl halides is 2. The molecule has 0 aliphatic heterocycles. The van der Waals surface area contributed by atoms with E-state index in [0.717, 1.165) is 0 Å². The Balaban J connectivity index is 3.01. The van der Waals surface area contributed by atoms with Gasteiger partial charge in [0.05, 0.1) is 7.11 Å². The monoisotopic (exact) mass is 291 g/mol. The maximum atomic E-state index is 13.2. The minimum Gasteiger partial charge on any atom is -0.598 e. The lowest BCUT2D eigenvalue weighted by Gasteiger charge is -2.28. The number of nitrogens with one attached hydrogen (secondary N) is 1. The molecule has 0 saturated carbocycles. The number of para-hydroxylation sites is 1. The first-order valence-electron chi connectivity index (χ1n) is 5.86. The highest BCUT2D eigenvalue weighted by Crippen LogP contribution is 2.31. The smallest absolute Gasteiger partial charge is 0.262 e. The lowest BCUT2D eigenvalue weighted by molar-refractivity contribution is 0.107. The van der Waals surface area contributed by atoms with Crippen molar-refractivity contribution in [2.75, 3.05) is 7.11 Å². The van der Waals surface area contributed by atoms with Crippen molar-refractivity contribution in [3.8, 4) is 5.75 Å². The third-order valence-electron chi connectivity index (χ3n) is 2.52. The lowest BCUT2D eigenvalue weighted by atomic mass is 10.1. The number of rotatable bonds is 5. The van der Waals surface area contributed by atoms with E-state index in [1.54, 1.807) is 45.0 Å². The number of methoxy groups -OCH3 is 1. The first-order chi connectivity index (χ1) is 8.77. The van der Waals surface area contributed by atoms with E-state index in [4.69, 9.17) is 4.74 Å². The average Bonchev–Trinajstić information content (AvgIpc) is 2.34. The highest BCUT2D eigenvalue weighted by molar-refractivity contribution is 7.90. The van der Waals surface area contributed by atoms with Crippen molar-refractivity contribution < 1.29 is 18.1 Å². The second-order valence-electron chi connectivity index (χ2n) is 5.05. The minimum absolute atomic E-state index is 0.303. The van der Waals surface area contributed by atoms with Crippen LogP contribution >= 0.6 is 0 Å². The Kier molecular flexibility index (Phi) is 5.58. The molecule has 19 heavy (non-hydrogen) atoms. The van der Waals surface area contributed by atoms with Crippen LogP contribution in [0.3, 0.4) is 0 Å². The third-order valence-corrected chi connectivity index (χ3v) is 4.10. The Bertz CT molecular complexity index is 410. The first-order valence-corrected chi connectivity index (χ1v) is 7.01. The molecule has 0 aliphatic carbocycles. The molecular formula is C13H19F2NO2S. The van der Waals surface area contributed by atoms with E-state index < -0.39 is 28.6 Å². The first kappa shape index (κ1) is 16.2. The fraction of sp³-hybridized carbons (Fsp3) is 0.538. The van der Waals surface area contributed by atoms with Gasteiger partial charge in [0.15, 0.2) is 0 Å². The van der Waals surface area contributed by atoms with Gasteiger partial charge in [-0.1, -0.05) is 18.2 Å². The van der Waals surface area contributed by atoms with Crippen molar-refractivity contribution in [1.29, 1.82) is 0 Å². The number of hydrogen-bond acceptors (Lipinski definition) is 3. The Hall–Kier alpha value is -0.850. The van der Waals surface area contributed by atoms with Crippen LogP contribution in [-0.2, 0) is 11.4 Å². The van der Waals surface area contributed by atoms with Gasteiger partial charge in [-0.15, -0.1) is 4.72 Å². The molecule has 0 saturated heterocycles. The van der Waals surface area contributed by atoms with E-state index in [-0.39, 0.29) is 0 Å². The quantitative estimate of drug-likeness (QED) is 0.848. The van der Waals surface area contributed by atoms with Gasteiger partial charge in [0, 0.05) is 16.9 Å². The molecule has 0 fully saturated rings. The fourth-order valence-electron chi connectivity index (χ4n) is 1.47. The molecule has 2 unspecified atom stereocenters. The van der Waals surface area contributed by atoms with Gasteiger partial charge >= 0.3 is 0 Å². The molecular weight excluding hydrogens is 272 g/mol. The zero-order chi connectivity index (χ0) is 14.6. The summed E-state index contributed by atoms with van der Waals surface area (Å²) in [4.78, 5) is 0. The van der Waals surface area contributed by atoms with E-state index in [1.807, 2.05) is 0 Å². The largest absolute Gasteiger partial charge is 0.598 e. The second kappa shape index (κ2) is 6.54. The van der Waals surface area contributed by atoms with Crippen molar-refractivity contribution in [2.24, 2.45) is 0 Å². The molecule has 108 valence electrons. The van der Waals surface area contributed by atoms with Gasteiger partial charge in [-0.3, -0.25) is 0 Å². The van der Waals surface area contributed by atoms with Crippen LogP contribution < -0.4 is 9.46 Å². The summed E-state index contributed by atoms with van der Waals surface area (Å²) in [6.07, 6.45) is -2.68. The van der Waals surface area contributed by atoms with E-state index in [0.29, 0.717) is 11.3 Å². The van der Waals surface area contributed by atoms with Gasteiger partial charge < -0.3 is 9.29 Å². The molecule has 1 N–H and O–H groups in total. The molecule has 0 bridgehead atoms. The van der Waals surface area contributed by atoms with Crippen molar-refractivity contribution in [3.05, 3.63) is 29.8 Å². The summed E-state index contributed by atoms with van der Waals surface area (Å²) < 4.78 is 45.3. The standard InChI is InChI=1S/C13H19F2NO2S/c1-13(2,3)19(17)16-11(12(14)15)9-7-5-6-8-10(9)18-4/h5-8,11-12,16H,1-4H3. The minimum atomic E-state index is -2.68. The van der Waals surface area contributed by atoms with Crippen molar-refractivity contribution in [3.63, 3.8) is 0 Å². The zero-order valence-electron chi connectivity index (χ0n) is 11.4. The van der Waals surface area contributed by atoms with Crippen LogP contribution in [0.1, 0.15) is 32.4 Å². The van der Waals surface area contributed by atoms with E-state index in [1.165, 1.54) is 7.11 Å². The van der Waals surface area contributed by atoms with E-state index in [2.05, 4.69) is 4.72 Å². The SMILES string of the molecule is COc1ccccc1C(N[S+]([O-])C(C)(C)C)C(F)F. The normalized spacial score (nSPS) is 15.4. The summed E-state index contributed by atoms with van der Waals surface area (Å²) in [6, 6.07) is 5.17. The predicted molar refractivity (Wildman–Crippen MR) is 72.8 cm³/mol. The summed E-state index contributed by atoms with van der Waals surface area (Å²) >= 11 is -1.58. The van der Waals surface area contributed by atoms with Crippen LogP contribution in [0.4, 0.5) is 8.78 Å². The molecule has 0 amide bonds. The third kappa shape index (κ3) is 4.33. The van der Waals surface area contributed by atoms with Gasteiger partial charge in [0.1, 0.15) is 16.5 Å². The number of ether oxygens (including phenoxy) is 1. The Labute approximate surface area is 115 Å². The molecule has 3 nitrogen and oxygen atoms in total. The molecule has 0 heterocycles. The predicted octanol–water partition coefficient (Wildman–Crippen LogP) is 3.05. The van der Waals surface area contributed by atoms with Crippen molar-refractivity contribution in [1.82, 2.24) is 4.72 Å². The highest BCUT2D eigenvalue weighted by Gasteiger charge is 2.35. The molecule has 2 atom stereocenters. The van der Waals surface area contributed by atoms with Crippen LogP contribution in [-0.4, -0.2) is 22.8 Å². The molecule has 6 heteroatoms. The maximum Gasteiger partial charge on any atom is 0.262 e. The Morgan fingerprint density at radius 3 is 2.32 bits per heavy atom. The highest BCUT2D eigenvalue weighted by atomic mass is 32.2. The molecule has 0 radical (unpaired) electrons. The van der Waals surface area contributed by atoms with Gasteiger partial charge in [-0.25, -0.2) is 8.78 Å². The van der Waals surface area contributed by atoms with Crippen LogP contribution in [0.5, 0.6) is 5.75 Å². The topological polar surface area (TPSA) is 44.3 Å². The Morgan fingerprint density at radius 1 is 1.26 bits per heavy atom. The molecule has 0 spiro atoms. The molecule has 1 rings (SSSR count). The van der Waals surface area contributed by atoms with Gasteiger partial charge in [-0.2, -0.15) is 0 Å². The van der Waals surface area contributed by atoms with E-state index >= 15 is 0 Å². The number of halogens is 2. The van der Waals surface area contributed by atoms with E-state index in [9.17, 15) is 13.3 Å². The summed E-state index contributed by atoms with van der Waals surface area (Å²) in [6.45, 7) is 5.17. The molecule has 1 aromatic carbocycles. The average molecular weight is 291 g/mol. The summed E-state index contributed by atoms with van der Waals surface area (Å²) in [5.41, 5.74) is 0.303. The van der Waals surface area contributed by atoms with Crippen molar-refractivity contribution >= 4 is 11.4 Å². The molecule has 0 aromatic heterocycles. The molecule has 0 aliphatic rings. The summed E-state index contributed by atoms with van der Waals surface area (Å²) in [5.74, 6) is 0.353. The maximum absolute atomic E-state index is 13.2. The zero-order valence-corrected chi connectivity index (χ0v) is 12.3. The van der Waals surface area contributed by atoms with Crippen LogP contribution in [0, 0.1) is 0 Å².